The number of pyridine rings is 1. The normalized spacial score (nSPS) is 17.2. The van der Waals surface area contributed by atoms with Crippen LogP contribution in [0.2, 0.25) is 0 Å². The van der Waals surface area contributed by atoms with Crippen molar-refractivity contribution < 1.29 is 9.53 Å². The zero-order valence-electron chi connectivity index (χ0n) is 19.9. The molecular formula is C28H33N3O2. The van der Waals surface area contributed by atoms with E-state index in [1.54, 1.807) is 0 Å². The fourth-order valence-corrected chi connectivity index (χ4v) is 5.17. The largest absolute Gasteiger partial charge is 0.487 e. The first-order valence-electron chi connectivity index (χ1n) is 12.1. The van der Waals surface area contributed by atoms with Crippen LogP contribution in [0.15, 0.2) is 48.7 Å². The van der Waals surface area contributed by atoms with E-state index in [1.165, 1.54) is 27.6 Å². The summed E-state index contributed by atoms with van der Waals surface area (Å²) in [6.45, 7) is 8.60. The molecule has 0 atom stereocenters. The molecule has 2 aliphatic heterocycles. The highest BCUT2D eigenvalue weighted by molar-refractivity contribution is 5.88. The van der Waals surface area contributed by atoms with Crippen LogP contribution in [0.5, 0.6) is 5.75 Å². The van der Waals surface area contributed by atoms with E-state index in [0.29, 0.717) is 5.92 Å². The third-order valence-electron chi connectivity index (χ3n) is 7.20. The number of nitrogens with one attached hydrogen (secondary N) is 1. The van der Waals surface area contributed by atoms with Gasteiger partial charge in [0.25, 0.3) is 0 Å². The number of piperidine rings is 1. The number of hydrogen-bond donors (Lipinski definition) is 1. The van der Waals surface area contributed by atoms with Gasteiger partial charge in [0.05, 0.1) is 5.52 Å². The number of fused-ring (bicyclic) bond motifs is 2. The number of rotatable bonds is 3. The number of carbonyl (C=O) groups is 1. The van der Waals surface area contributed by atoms with Gasteiger partial charge < -0.3 is 15.0 Å². The fourth-order valence-electron chi connectivity index (χ4n) is 5.17. The van der Waals surface area contributed by atoms with Gasteiger partial charge in [0.15, 0.2) is 0 Å². The van der Waals surface area contributed by atoms with Gasteiger partial charge in [-0.25, -0.2) is 4.79 Å². The van der Waals surface area contributed by atoms with Crippen molar-refractivity contribution in [2.45, 2.75) is 52.1 Å². The molecule has 3 aromatic rings. The van der Waals surface area contributed by atoms with E-state index >= 15 is 0 Å². The van der Waals surface area contributed by atoms with Crippen LogP contribution in [0, 0.1) is 12.8 Å². The molecule has 0 unspecified atom stereocenters. The quantitative estimate of drug-likeness (QED) is 0.562. The molecule has 5 nitrogen and oxygen atoms in total. The summed E-state index contributed by atoms with van der Waals surface area (Å²) in [6.07, 6.45) is 5.65. The van der Waals surface area contributed by atoms with Gasteiger partial charge >= 0.3 is 6.03 Å². The van der Waals surface area contributed by atoms with Gasteiger partial charge in [-0.15, -0.1) is 0 Å². The third-order valence-corrected chi connectivity index (χ3v) is 7.20. The molecule has 1 fully saturated rings. The van der Waals surface area contributed by atoms with Crippen LogP contribution < -0.4 is 10.1 Å². The highest BCUT2D eigenvalue weighted by Gasteiger charge is 2.40. The lowest BCUT2D eigenvalue weighted by Crippen LogP contribution is -2.53. The van der Waals surface area contributed by atoms with E-state index in [0.717, 1.165) is 56.6 Å². The molecule has 33 heavy (non-hydrogen) atoms. The van der Waals surface area contributed by atoms with Gasteiger partial charge in [0.1, 0.15) is 11.4 Å². The number of aryl methyl sites for hydroxylation is 2. The van der Waals surface area contributed by atoms with Gasteiger partial charge in [-0.1, -0.05) is 38.1 Å². The second kappa shape index (κ2) is 8.69. The zero-order valence-corrected chi connectivity index (χ0v) is 19.9. The Morgan fingerprint density at radius 1 is 1.15 bits per heavy atom. The number of urea groups is 1. The van der Waals surface area contributed by atoms with E-state index < -0.39 is 0 Å². The minimum absolute atomic E-state index is 0.0552. The van der Waals surface area contributed by atoms with Crippen molar-refractivity contribution in [3.05, 3.63) is 59.8 Å². The maximum absolute atomic E-state index is 12.4. The molecule has 3 heterocycles. The lowest BCUT2D eigenvalue weighted by Gasteiger charge is -2.44. The molecule has 1 spiro atoms. The minimum Gasteiger partial charge on any atom is -0.487 e. The predicted molar refractivity (Wildman–Crippen MR) is 133 cm³/mol. The third kappa shape index (κ3) is 4.29. The number of aromatic nitrogens is 1. The lowest BCUT2D eigenvalue weighted by atomic mass is 9.82. The first kappa shape index (κ1) is 21.7. The molecule has 0 saturated carbocycles. The first-order chi connectivity index (χ1) is 15.9. The van der Waals surface area contributed by atoms with Crippen LogP contribution in [-0.2, 0) is 6.42 Å². The van der Waals surface area contributed by atoms with Crippen molar-refractivity contribution in [2.24, 2.45) is 5.92 Å². The van der Waals surface area contributed by atoms with Gasteiger partial charge in [-0.2, -0.15) is 0 Å². The Kier molecular flexibility index (Phi) is 5.73. The summed E-state index contributed by atoms with van der Waals surface area (Å²) in [6, 6.07) is 15.1. The Bertz CT molecular complexity index is 1180. The SMILES string of the molecule is Cc1c(-c2ccc3c(c2)CCC2(CCN(C(=O)NCC(C)C)CC2)O3)ccc2cccnc12. The van der Waals surface area contributed by atoms with Crippen molar-refractivity contribution >= 4 is 16.9 Å². The zero-order chi connectivity index (χ0) is 23.0. The summed E-state index contributed by atoms with van der Waals surface area (Å²) >= 11 is 0. The van der Waals surface area contributed by atoms with Crippen LogP contribution in [0.4, 0.5) is 4.79 Å². The average Bonchev–Trinajstić information content (AvgIpc) is 2.83. The minimum atomic E-state index is -0.147. The van der Waals surface area contributed by atoms with Crippen LogP contribution in [0.3, 0.4) is 0 Å². The van der Waals surface area contributed by atoms with Gasteiger partial charge in [0.2, 0.25) is 0 Å². The molecule has 5 heteroatoms. The smallest absolute Gasteiger partial charge is 0.317 e. The van der Waals surface area contributed by atoms with Gasteiger partial charge in [-0.05, 0) is 66.1 Å². The van der Waals surface area contributed by atoms with Crippen molar-refractivity contribution in [1.82, 2.24) is 15.2 Å². The molecule has 1 aromatic heterocycles. The summed E-state index contributed by atoms with van der Waals surface area (Å²) in [5, 5.41) is 4.21. The monoisotopic (exact) mass is 443 g/mol. The molecule has 0 radical (unpaired) electrons. The summed E-state index contributed by atoms with van der Waals surface area (Å²) in [5.41, 5.74) is 5.85. The summed E-state index contributed by atoms with van der Waals surface area (Å²) in [7, 11) is 0. The molecule has 1 N–H and O–H groups in total. The maximum Gasteiger partial charge on any atom is 0.317 e. The van der Waals surface area contributed by atoms with Crippen molar-refractivity contribution in [3.63, 3.8) is 0 Å². The number of likely N-dealkylation sites (tertiary alicyclic amines) is 1. The van der Waals surface area contributed by atoms with E-state index in [4.69, 9.17) is 4.74 Å². The topological polar surface area (TPSA) is 54.5 Å². The van der Waals surface area contributed by atoms with Gasteiger partial charge in [-0.3, -0.25) is 4.98 Å². The van der Waals surface area contributed by atoms with E-state index in [1.807, 2.05) is 17.2 Å². The highest BCUT2D eigenvalue weighted by atomic mass is 16.5. The number of carbonyl (C=O) groups excluding carboxylic acids is 1. The van der Waals surface area contributed by atoms with Crippen molar-refractivity contribution in [2.75, 3.05) is 19.6 Å². The summed E-state index contributed by atoms with van der Waals surface area (Å²) in [4.78, 5) is 19.0. The number of ether oxygens (including phenoxy) is 1. The number of hydrogen-bond acceptors (Lipinski definition) is 3. The summed E-state index contributed by atoms with van der Waals surface area (Å²) in [5.74, 6) is 1.46. The van der Waals surface area contributed by atoms with E-state index in [9.17, 15) is 4.79 Å². The first-order valence-corrected chi connectivity index (χ1v) is 12.1. The van der Waals surface area contributed by atoms with E-state index in [-0.39, 0.29) is 11.6 Å². The second-order valence-corrected chi connectivity index (χ2v) is 9.99. The Balaban J connectivity index is 1.30. The molecule has 5 rings (SSSR count). The molecular weight excluding hydrogens is 410 g/mol. The second-order valence-electron chi connectivity index (χ2n) is 9.99. The molecule has 0 aliphatic carbocycles. The van der Waals surface area contributed by atoms with Crippen molar-refractivity contribution in [3.8, 4) is 16.9 Å². The molecule has 0 bridgehead atoms. The summed E-state index contributed by atoms with van der Waals surface area (Å²) < 4.78 is 6.61. The van der Waals surface area contributed by atoms with Crippen LogP contribution >= 0.6 is 0 Å². The molecule has 1 saturated heterocycles. The predicted octanol–water partition coefficient (Wildman–Crippen LogP) is 5.74. The molecule has 172 valence electrons. The average molecular weight is 444 g/mol. The van der Waals surface area contributed by atoms with Crippen LogP contribution in [0.1, 0.15) is 44.2 Å². The Morgan fingerprint density at radius 2 is 1.97 bits per heavy atom. The van der Waals surface area contributed by atoms with Crippen LogP contribution in [0.25, 0.3) is 22.0 Å². The van der Waals surface area contributed by atoms with Crippen LogP contribution in [-0.4, -0.2) is 41.2 Å². The highest BCUT2D eigenvalue weighted by Crippen LogP contribution is 2.41. The fraction of sp³-hybridized carbons (Fsp3) is 0.429. The Hall–Kier alpha value is -3.08. The molecule has 2 aliphatic rings. The Morgan fingerprint density at radius 3 is 2.76 bits per heavy atom. The van der Waals surface area contributed by atoms with Crippen molar-refractivity contribution in [1.29, 1.82) is 0 Å². The number of amides is 2. The van der Waals surface area contributed by atoms with E-state index in [2.05, 4.69) is 67.5 Å². The number of benzene rings is 2. The standard InChI is InChI=1S/C28H33N3O2/c1-19(2)18-30-27(32)31-15-12-28(13-16-31)11-10-23-17-22(7-9-25(23)33-28)24-8-6-21-5-4-14-29-26(21)20(24)3/h4-9,14,17,19H,10-13,15-16,18H2,1-3H3,(H,30,32). The van der Waals surface area contributed by atoms with Gasteiger partial charge in [0, 0.05) is 44.1 Å². The lowest BCUT2D eigenvalue weighted by molar-refractivity contribution is -0.00552. The molecule has 2 aromatic carbocycles. The maximum atomic E-state index is 12.4. The number of nitrogens with zero attached hydrogens (tertiary/aromatic N) is 2. The Labute approximate surface area is 196 Å². The molecule has 2 amide bonds.